The lowest BCUT2D eigenvalue weighted by Crippen LogP contribution is -2.51. The summed E-state index contributed by atoms with van der Waals surface area (Å²) in [6.07, 6.45) is -0.368. The van der Waals surface area contributed by atoms with Crippen molar-refractivity contribution in [2.75, 3.05) is 39.8 Å². The van der Waals surface area contributed by atoms with Crippen LogP contribution in [0.15, 0.2) is 0 Å². The molecule has 0 unspecified atom stereocenters. The Bertz CT molecular complexity index is 289. The van der Waals surface area contributed by atoms with Crippen LogP contribution in [0.1, 0.15) is 0 Å². The van der Waals surface area contributed by atoms with E-state index in [-0.39, 0.29) is 18.5 Å². The van der Waals surface area contributed by atoms with Gasteiger partial charge in [-0.25, -0.2) is 11.4 Å². The number of carbonyl (C=O) groups is 2. The molecule has 0 aromatic rings. The highest BCUT2D eigenvalue weighted by Crippen LogP contribution is 2.03. The van der Waals surface area contributed by atoms with Gasteiger partial charge in [0.05, 0.1) is 7.11 Å². The molecule has 1 rings (SSSR count). The summed E-state index contributed by atoms with van der Waals surface area (Å²) in [5.74, 6) is -0.172. The Labute approximate surface area is 88.2 Å². The van der Waals surface area contributed by atoms with Gasteiger partial charge in [0.25, 0.3) is 6.54 Å². The summed E-state index contributed by atoms with van der Waals surface area (Å²) in [5, 5.41) is 0. The molecule has 2 amide bonds. The molecule has 1 fully saturated rings. The number of carbonyl (C=O) groups excluding carboxylic acids is 2. The maximum Gasteiger partial charge on any atom is 0.409 e. The Morgan fingerprint density at radius 3 is 2.27 bits per heavy atom. The third kappa shape index (κ3) is 2.84. The van der Waals surface area contributed by atoms with E-state index in [2.05, 4.69) is 9.58 Å². The molecule has 1 aliphatic rings. The smallest absolute Gasteiger partial charge is 0.409 e. The van der Waals surface area contributed by atoms with Gasteiger partial charge in [-0.05, 0) is 0 Å². The summed E-state index contributed by atoms with van der Waals surface area (Å²) in [6.45, 7) is 8.36. The minimum Gasteiger partial charge on any atom is -0.453 e. The van der Waals surface area contributed by atoms with Crippen LogP contribution in [0.25, 0.3) is 4.85 Å². The van der Waals surface area contributed by atoms with Gasteiger partial charge in [0.2, 0.25) is 0 Å². The van der Waals surface area contributed by atoms with Crippen molar-refractivity contribution in [3.05, 3.63) is 11.4 Å². The molecule has 0 atom stereocenters. The van der Waals surface area contributed by atoms with Gasteiger partial charge < -0.3 is 19.4 Å². The molecule has 82 valence electrons. The van der Waals surface area contributed by atoms with E-state index in [1.807, 2.05) is 0 Å². The van der Waals surface area contributed by atoms with E-state index in [1.165, 1.54) is 7.11 Å². The van der Waals surface area contributed by atoms with Crippen molar-refractivity contribution in [3.8, 4) is 0 Å². The number of methoxy groups -OCH3 is 1. The van der Waals surface area contributed by atoms with E-state index in [4.69, 9.17) is 6.57 Å². The molecule has 6 heteroatoms. The number of nitrogens with zero attached hydrogens (tertiary/aromatic N) is 3. The number of hydrogen-bond donors (Lipinski definition) is 0. The predicted octanol–water partition coefficient (Wildman–Crippen LogP) is -0.184. The van der Waals surface area contributed by atoms with Crippen molar-refractivity contribution < 1.29 is 14.3 Å². The quantitative estimate of drug-likeness (QED) is 0.565. The van der Waals surface area contributed by atoms with Crippen LogP contribution in [-0.2, 0) is 9.53 Å². The fourth-order valence-electron chi connectivity index (χ4n) is 1.44. The van der Waals surface area contributed by atoms with E-state index >= 15 is 0 Å². The first-order valence-electron chi connectivity index (χ1n) is 4.63. The van der Waals surface area contributed by atoms with Crippen molar-refractivity contribution in [1.82, 2.24) is 9.80 Å². The SMILES string of the molecule is [C-]#[N+]CC(=O)N1CCN(C(=O)OC)CC1. The molecular weight excluding hydrogens is 198 g/mol. The summed E-state index contributed by atoms with van der Waals surface area (Å²) < 4.78 is 4.57. The van der Waals surface area contributed by atoms with E-state index in [0.29, 0.717) is 26.2 Å². The van der Waals surface area contributed by atoms with Crippen molar-refractivity contribution in [2.45, 2.75) is 0 Å². The van der Waals surface area contributed by atoms with Crippen molar-refractivity contribution in [1.29, 1.82) is 0 Å². The third-order valence-electron chi connectivity index (χ3n) is 2.28. The molecule has 0 spiro atoms. The van der Waals surface area contributed by atoms with Gasteiger partial charge in [0, 0.05) is 26.2 Å². The number of amides is 2. The summed E-state index contributed by atoms with van der Waals surface area (Å²) in [5.41, 5.74) is 0. The molecule has 0 aromatic carbocycles. The molecule has 6 nitrogen and oxygen atoms in total. The van der Waals surface area contributed by atoms with Crippen molar-refractivity contribution >= 4 is 12.0 Å². The number of ether oxygens (including phenoxy) is 1. The minimum atomic E-state index is -0.368. The predicted molar refractivity (Wildman–Crippen MR) is 52.0 cm³/mol. The Kier molecular flexibility index (Phi) is 3.92. The number of rotatable bonds is 1. The average Bonchev–Trinajstić information content (AvgIpc) is 2.28. The van der Waals surface area contributed by atoms with Crippen molar-refractivity contribution in [2.24, 2.45) is 0 Å². The molecule has 0 bridgehead atoms. The first kappa shape index (κ1) is 11.3. The van der Waals surface area contributed by atoms with Gasteiger partial charge in [0.15, 0.2) is 0 Å². The lowest BCUT2D eigenvalue weighted by atomic mass is 10.3. The fourth-order valence-corrected chi connectivity index (χ4v) is 1.44. The highest BCUT2D eigenvalue weighted by atomic mass is 16.5. The van der Waals surface area contributed by atoms with Crippen LogP contribution in [0.5, 0.6) is 0 Å². The summed E-state index contributed by atoms with van der Waals surface area (Å²) in [7, 11) is 1.33. The molecule has 15 heavy (non-hydrogen) atoms. The summed E-state index contributed by atoms with van der Waals surface area (Å²) >= 11 is 0. The van der Waals surface area contributed by atoms with Crippen LogP contribution in [0.4, 0.5) is 4.79 Å². The van der Waals surface area contributed by atoms with Gasteiger partial charge in [-0.2, -0.15) is 0 Å². The van der Waals surface area contributed by atoms with Crippen LogP contribution < -0.4 is 0 Å². The first-order chi connectivity index (χ1) is 7.19. The van der Waals surface area contributed by atoms with Crippen LogP contribution in [-0.4, -0.2) is 61.6 Å². The van der Waals surface area contributed by atoms with Gasteiger partial charge in [-0.3, -0.25) is 4.79 Å². The lowest BCUT2D eigenvalue weighted by Gasteiger charge is -2.32. The molecule has 1 saturated heterocycles. The zero-order valence-corrected chi connectivity index (χ0v) is 8.60. The van der Waals surface area contributed by atoms with Crippen LogP contribution in [0, 0.1) is 6.57 Å². The van der Waals surface area contributed by atoms with Gasteiger partial charge in [-0.1, -0.05) is 0 Å². The molecule has 1 heterocycles. The molecule has 1 aliphatic heterocycles. The topological polar surface area (TPSA) is 54.2 Å². The second kappa shape index (κ2) is 5.20. The summed E-state index contributed by atoms with van der Waals surface area (Å²) in [4.78, 5) is 28.6. The van der Waals surface area contributed by atoms with Gasteiger partial charge in [-0.15, -0.1) is 0 Å². The second-order valence-corrected chi connectivity index (χ2v) is 3.15. The van der Waals surface area contributed by atoms with Gasteiger partial charge in [0.1, 0.15) is 0 Å². The third-order valence-corrected chi connectivity index (χ3v) is 2.28. The number of piperazine rings is 1. The zero-order valence-electron chi connectivity index (χ0n) is 8.60. The van der Waals surface area contributed by atoms with Crippen LogP contribution in [0.3, 0.4) is 0 Å². The standard InChI is InChI=1S/C9H13N3O3/c1-10-7-8(13)11-3-5-12(6-4-11)9(14)15-2/h3-7H2,2H3. The zero-order chi connectivity index (χ0) is 11.3. The Balaban J connectivity index is 2.39. The van der Waals surface area contributed by atoms with E-state index in [0.717, 1.165) is 0 Å². The molecule has 0 aliphatic carbocycles. The highest BCUT2D eigenvalue weighted by Gasteiger charge is 2.25. The van der Waals surface area contributed by atoms with E-state index < -0.39 is 0 Å². The van der Waals surface area contributed by atoms with Crippen molar-refractivity contribution in [3.63, 3.8) is 0 Å². The first-order valence-corrected chi connectivity index (χ1v) is 4.63. The Morgan fingerprint density at radius 2 is 1.80 bits per heavy atom. The normalized spacial score (nSPS) is 15.7. The van der Waals surface area contributed by atoms with Crippen LogP contribution in [0.2, 0.25) is 0 Å². The maximum atomic E-state index is 11.3. The average molecular weight is 211 g/mol. The summed E-state index contributed by atoms with van der Waals surface area (Å²) in [6, 6.07) is 0. The molecule has 0 N–H and O–H groups in total. The van der Waals surface area contributed by atoms with E-state index in [9.17, 15) is 9.59 Å². The Morgan fingerprint density at radius 1 is 1.27 bits per heavy atom. The largest absolute Gasteiger partial charge is 0.453 e. The minimum absolute atomic E-state index is 0.113. The lowest BCUT2D eigenvalue weighted by molar-refractivity contribution is -0.130. The Hall–Kier alpha value is -1.77. The van der Waals surface area contributed by atoms with E-state index in [1.54, 1.807) is 9.80 Å². The molecule has 0 saturated carbocycles. The van der Waals surface area contributed by atoms with Gasteiger partial charge >= 0.3 is 12.0 Å². The molecule has 0 radical (unpaired) electrons. The fraction of sp³-hybridized carbons (Fsp3) is 0.667. The van der Waals surface area contributed by atoms with Crippen LogP contribution >= 0.6 is 0 Å². The molecule has 0 aromatic heterocycles. The molecular formula is C9H13N3O3. The maximum absolute atomic E-state index is 11.3. The second-order valence-electron chi connectivity index (χ2n) is 3.15. The highest BCUT2D eigenvalue weighted by molar-refractivity contribution is 5.80. The monoisotopic (exact) mass is 211 g/mol. The number of hydrogen-bond acceptors (Lipinski definition) is 3.